The Morgan fingerprint density at radius 3 is 2.60 bits per heavy atom. The summed E-state index contributed by atoms with van der Waals surface area (Å²) in [6.45, 7) is 0.412. The van der Waals surface area contributed by atoms with Crippen LogP contribution in [-0.2, 0) is 9.59 Å². The van der Waals surface area contributed by atoms with Crippen LogP contribution in [-0.4, -0.2) is 41.0 Å². The zero-order chi connectivity index (χ0) is 13.8. The molecule has 5 nitrogen and oxygen atoms in total. The minimum atomic E-state index is -0.548. The van der Waals surface area contributed by atoms with Crippen molar-refractivity contribution >= 4 is 30.4 Å². The molecule has 0 aromatic heterocycles. The van der Waals surface area contributed by atoms with Crippen LogP contribution in [0.2, 0.25) is 0 Å². The molecule has 1 aromatic rings. The second-order valence-electron chi connectivity index (χ2n) is 4.15. The molecule has 1 radical (unpaired) electrons. The first-order chi connectivity index (χ1) is 9.09. The first-order valence-corrected chi connectivity index (χ1v) is 6.38. The van der Waals surface area contributed by atoms with Gasteiger partial charge in [0.2, 0.25) is 17.7 Å². The Hall–Kier alpha value is -0.729. The fraction of sp³-hybridized carbons (Fsp3) is 0.308. The first kappa shape index (κ1) is 17.3. The molecule has 3 amide bonds. The van der Waals surface area contributed by atoms with Crippen LogP contribution < -0.4 is 5.32 Å². The van der Waals surface area contributed by atoms with Gasteiger partial charge in [-0.2, -0.15) is 43.0 Å². The maximum Gasteiger partial charge on any atom is 0.242 e. The maximum atomic E-state index is 11.7. The van der Waals surface area contributed by atoms with Gasteiger partial charge in [0.15, 0.2) is 0 Å². The van der Waals surface area contributed by atoms with Crippen molar-refractivity contribution in [2.24, 2.45) is 0 Å². The summed E-state index contributed by atoms with van der Waals surface area (Å²) < 4.78 is 0. The molecule has 20 heavy (non-hydrogen) atoms. The van der Waals surface area contributed by atoms with Crippen molar-refractivity contribution in [2.75, 3.05) is 13.1 Å². The zero-order valence-corrected chi connectivity index (χ0v) is 16.4. The minimum absolute atomic E-state index is 0. The molecule has 1 N–H and O–H groups in total. The topological polar surface area (TPSA) is 66.5 Å². The van der Waals surface area contributed by atoms with Gasteiger partial charge in [-0.15, -0.1) is 0 Å². The van der Waals surface area contributed by atoms with Crippen LogP contribution in [0.3, 0.4) is 0 Å². The normalized spacial score (nSPS) is 17.9. The number of carbonyl (C=O) groups excluding carboxylic acids is 3. The van der Waals surface area contributed by atoms with E-state index in [-0.39, 0.29) is 69.5 Å². The van der Waals surface area contributed by atoms with Crippen molar-refractivity contribution < 1.29 is 46.7 Å². The predicted octanol–water partition coefficient (Wildman–Crippen LogP) is 0.274. The smallest absolute Gasteiger partial charge is 0.242 e. The summed E-state index contributed by atoms with van der Waals surface area (Å²) in [6, 6.07) is 9.40. The summed E-state index contributed by atoms with van der Waals surface area (Å²) in [5.74, 6) is -0.777. The van der Waals surface area contributed by atoms with Gasteiger partial charge in [0.1, 0.15) is 0 Å². The Bertz CT molecular complexity index is 510. The number of hydrogen-bond acceptors (Lipinski definition) is 4. The molecule has 1 saturated heterocycles. The maximum absolute atomic E-state index is 11.7. The molecule has 0 spiro atoms. The number of nitrogens with one attached hydrogen (secondary N) is 1. The number of nitrogens with zero attached hydrogens (tertiary/aromatic N) is 1. The molecule has 103 valence electrons. The quantitative estimate of drug-likeness (QED) is 0.349. The van der Waals surface area contributed by atoms with Crippen LogP contribution in [0.1, 0.15) is 16.8 Å². The summed E-state index contributed by atoms with van der Waals surface area (Å²) >= 11 is 4.02. The summed E-state index contributed by atoms with van der Waals surface area (Å²) in [5, 5.41) is 2.11. The number of rotatable bonds is 4. The van der Waals surface area contributed by atoms with Crippen LogP contribution >= 0.6 is 12.6 Å². The van der Waals surface area contributed by atoms with Crippen LogP contribution in [0.25, 0.3) is 0 Å². The van der Waals surface area contributed by atoms with Gasteiger partial charge in [0.25, 0.3) is 0 Å². The van der Waals surface area contributed by atoms with E-state index >= 15 is 0 Å². The predicted molar refractivity (Wildman–Crippen MR) is 71.7 cm³/mol. The standard InChI is InChI=1S/C13H13N2O3S.Pa/c16-11-8-10(19)13(18)15(11)7-6-14-12(17)9-4-2-1-3-5-9;/h2-5,10,19H,6-8H2,(H,14,17);/q-1;. The van der Waals surface area contributed by atoms with Gasteiger partial charge in [0, 0.05) is 51.8 Å². The second kappa shape index (κ2) is 7.90. The van der Waals surface area contributed by atoms with E-state index in [0.717, 1.165) is 4.90 Å². The van der Waals surface area contributed by atoms with Crippen molar-refractivity contribution in [3.63, 3.8) is 0 Å². The molecule has 1 aromatic carbocycles. The van der Waals surface area contributed by atoms with Gasteiger partial charge < -0.3 is 5.32 Å². The van der Waals surface area contributed by atoms with Gasteiger partial charge in [0.05, 0.1) is 5.25 Å². The molecule has 1 aliphatic rings. The number of imide groups is 1. The van der Waals surface area contributed by atoms with Crippen molar-refractivity contribution in [2.45, 2.75) is 11.7 Å². The number of thiol groups is 1. The molecule has 0 saturated carbocycles. The Balaban J connectivity index is 0.00000200. The van der Waals surface area contributed by atoms with E-state index in [4.69, 9.17) is 0 Å². The molecule has 2 rings (SSSR count). The van der Waals surface area contributed by atoms with Crippen molar-refractivity contribution in [3.8, 4) is 0 Å². The second-order valence-corrected chi connectivity index (χ2v) is 4.77. The summed E-state index contributed by atoms with van der Waals surface area (Å²) in [5.41, 5.74) is 0.518. The number of amides is 3. The van der Waals surface area contributed by atoms with Gasteiger partial charge >= 0.3 is 0 Å². The molecular weight excluding hydrogens is 495 g/mol. The molecule has 1 aliphatic heterocycles. The molecule has 1 unspecified atom stereocenters. The molecule has 0 aliphatic carbocycles. The molecular formula is C13H13N2O3PaS-. The number of hydrogen-bond donors (Lipinski definition) is 2. The fourth-order valence-corrected chi connectivity index (χ4v) is 2.12. The Labute approximate surface area is 147 Å². The number of carbonyl (C=O) groups is 3. The van der Waals surface area contributed by atoms with E-state index in [1.165, 1.54) is 0 Å². The average molecular weight is 508 g/mol. The van der Waals surface area contributed by atoms with E-state index in [1.54, 1.807) is 24.3 Å². The molecule has 1 atom stereocenters. The SMILES string of the molecule is O=C(NCCN1C(=O)CC(S)C1=O)c1cc[c-]cc1.[Pa]. The summed E-state index contributed by atoms with van der Waals surface area (Å²) in [4.78, 5) is 35.9. The molecule has 1 heterocycles. The van der Waals surface area contributed by atoms with E-state index in [9.17, 15) is 14.4 Å². The van der Waals surface area contributed by atoms with Crippen LogP contribution in [0.15, 0.2) is 24.3 Å². The van der Waals surface area contributed by atoms with Gasteiger partial charge in [-0.1, -0.05) is 5.56 Å². The third-order valence-corrected chi connectivity index (χ3v) is 3.22. The third-order valence-electron chi connectivity index (χ3n) is 2.82. The molecule has 0 bridgehead atoms. The summed E-state index contributed by atoms with van der Waals surface area (Å²) in [7, 11) is 0. The van der Waals surface area contributed by atoms with Gasteiger partial charge in [-0.3, -0.25) is 19.3 Å². The van der Waals surface area contributed by atoms with Crippen molar-refractivity contribution in [1.29, 1.82) is 0 Å². The third kappa shape index (κ3) is 4.13. The van der Waals surface area contributed by atoms with Crippen molar-refractivity contribution in [3.05, 3.63) is 35.9 Å². The largest absolute Gasteiger partial charge is 0.352 e. The summed E-state index contributed by atoms with van der Waals surface area (Å²) in [6.07, 6.45) is 0.129. The Kier molecular flexibility index (Phi) is 6.84. The minimum Gasteiger partial charge on any atom is -0.352 e. The van der Waals surface area contributed by atoms with Gasteiger partial charge in [-0.05, 0) is 0 Å². The fourth-order valence-electron chi connectivity index (χ4n) is 1.82. The Morgan fingerprint density at radius 1 is 1.40 bits per heavy atom. The monoisotopic (exact) mass is 508 g/mol. The van der Waals surface area contributed by atoms with E-state index < -0.39 is 5.25 Å². The molecule has 1 fully saturated rings. The average Bonchev–Trinajstić information content (AvgIpc) is 2.66. The Morgan fingerprint density at radius 2 is 2.05 bits per heavy atom. The van der Waals surface area contributed by atoms with Crippen LogP contribution in [0, 0.1) is 38.4 Å². The van der Waals surface area contributed by atoms with E-state index in [1.807, 2.05) is 0 Å². The van der Waals surface area contributed by atoms with E-state index in [0.29, 0.717) is 5.56 Å². The van der Waals surface area contributed by atoms with Gasteiger partial charge in [-0.25, -0.2) is 0 Å². The van der Waals surface area contributed by atoms with Crippen LogP contribution in [0.4, 0.5) is 0 Å². The number of likely N-dealkylation sites (tertiary alicyclic amines) is 1. The van der Waals surface area contributed by atoms with E-state index in [2.05, 4.69) is 24.0 Å². The number of benzene rings is 1. The first-order valence-electron chi connectivity index (χ1n) is 5.86. The van der Waals surface area contributed by atoms with Crippen molar-refractivity contribution in [1.82, 2.24) is 10.2 Å². The molecule has 7 heteroatoms. The van der Waals surface area contributed by atoms with Crippen LogP contribution in [0.5, 0.6) is 0 Å². The zero-order valence-electron chi connectivity index (χ0n) is 10.7.